The molecule has 0 unspecified atom stereocenters. The van der Waals surface area contributed by atoms with Crippen molar-refractivity contribution in [2.45, 2.75) is 33.2 Å². The van der Waals surface area contributed by atoms with Crippen LogP contribution in [0.1, 0.15) is 35.4 Å². The number of carbonyl (C=O) groups excluding carboxylic acids is 2. The predicted octanol–water partition coefficient (Wildman–Crippen LogP) is 5.05. The first kappa shape index (κ1) is 22.4. The molecule has 1 aromatic heterocycles. The first-order valence-corrected chi connectivity index (χ1v) is 11.4. The number of urea groups is 1. The van der Waals surface area contributed by atoms with Crippen molar-refractivity contribution in [1.82, 2.24) is 14.8 Å². The number of rotatable bonds is 6. The minimum absolute atomic E-state index is 0.0651. The molecule has 4 rings (SSSR count). The molecule has 6 nitrogen and oxygen atoms in total. The van der Waals surface area contributed by atoms with Crippen LogP contribution in [0.5, 0.6) is 0 Å². The molecule has 0 aliphatic carbocycles. The van der Waals surface area contributed by atoms with E-state index in [0.29, 0.717) is 6.54 Å². The maximum absolute atomic E-state index is 12.4. The van der Waals surface area contributed by atoms with Gasteiger partial charge in [0.1, 0.15) is 0 Å². The molecule has 3 amide bonds. The summed E-state index contributed by atoms with van der Waals surface area (Å²) < 4.78 is 2.18. The van der Waals surface area contributed by atoms with Crippen molar-refractivity contribution in [1.29, 1.82) is 0 Å². The standard InChI is InChI=1S/C27H30N4O2/c1-20-17-23(21(2)31(20)25-11-4-3-5-12-25)13-14-26(32)28-19-22-9-8-10-24(18-22)29-27(33)30-15-6-7-16-30/h3-5,8-14,17-18H,6-7,15-16,19H2,1-2H3,(H,28,32)(H,29,33)/b14-13+. The SMILES string of the molecule is Cc1cc(/C=C/C(=O)NCc2cccc(NC(=O)N3CCCC3)c2)c(C)n1-c1ccccc1. The molecule has 170 valence electrons. The Morgan fingerprint density at radius 3 is 2.48 bits per heavy atom. The van der Waals surface area contributed by atoms with E-state index in [1.807, 2.05) is 53.4 Å². The maximum atomic E-state index is 12.4. The summed E-state index contributed by atoms with van der Waals surface area (Å²) in [6, 6.07) is 19.8. The molecule has 2 aromatic carbocycles. The number of aromatic nitrogens is 1. The maximum Gasteiger partial charge on any atom is 0.321 e. The molecule has 0 radical (unpaired) electrons. The van der Waals surface area contributed by atoms with Gasteiger partial charge in [-0.3, -0.25) is 4.79 Å². The first-order chi connectivity index (χ1) is 16.0. The van der Waals surface area contributed by atoms with Crippen molar-refractivity contribution in [2.24, 2.45) is 0 Å². The number of para-hydroxylation sites is 1. The number of amides is 3. The number of nitrogens with one attached hydrogen (secondary N) is 2. The van der Waals surface area contributed by atoms with Gasteiger partial charge in [-0.2, -0.15) is 0 Å². The Morgan fingerprint density at radius 2 is 1.73 bits per heavy atom. The Bertz CT molecular complexity index is 1160. The van der Waals surface area contributed by atoms with Crippen molar-refractivity contribution < 1.29 is 9.59 Å². The second-order valence-electron chi connectivity index (χ2n) is 8.37. The first-order valence-electron chi connectivity index (χ1n) is 11.4. The van der Waals surface area contributed by atoms with Crippen LogP contribution in [0, 0.1) is 13.8 Å². The Morgan fingerprint density at radius 1 is 0.970 bits per heavy atom. The number of carbonyl (C=O) groups is 2. The normalized spacial score (nSPS) is 13.5. The van der Waals surface area contributed by atoms with Crippen LogP contribution < -0.4 is 10.6 Å². The third kappa shape index (κ3) is 5.52. The second-order valence-corrected chi connectivity index (χ2v) is 8.37. The number of likely N-dealkylation sites (tertiary alicyclic amines) is 1. The van der Waals surface area contributed by atoms with Crippen LogP contribution in [0.25, 0.3) is 11.8 Å². The molecule has 1 aliphatic rings. The zero-order chi connectivity index (χ0) is 23.2. The van der Waals surface area contributed by atoms with E-state index in [1.165, 1.54) is 0 Å². The second kappa shape index (κ2) is 10.2. The lowest BCUT2D eigenvalue weighted by Gasteiger charge is -2.16. The Hall–Kier alpha value is -3.80. The molecule has 1 fully saturated rings. The Kier molecular flexibility index (Phi) is 6.93. The summed E-state index contributed by atoms with van der Waals surface area (Å²) >= 11 is 0. The molecular formula is C27H30N4O2. The third-order valence-electron chi connectivity index (χ3n) is 5.94. The average molecular weight is 443 g/mol. The van der Waals surface area contributed by atoms with Crippen molar-refractivity contribution in [3.05, 3.63) is 89.3 Å². The molecule has 2 N–H and O–H groups in total. The summed E-state index contributed by atoms with van der Waals surface area (Å²) in [5, 5.41) is 5.87. The number of anilines is 1. The van der Waals surface area contributed by atoms with E-state index in [4.69, 9.17) is 0 Å². The van der Waals surface area contributed by atoms with Crippen LogP contribution in [-0.2, 0) is 11.3 Å². The largest absolute Gasteiger partial charge is 0.348 e. The van der Waals surface area contributed by atoms with Gasteiger partial charge in [-0.25, -0.2) is 4.79 Å². The van der Waals surface area contributed by atoms with Gasteiger partial charge in [0, 0.05) is 48.5 Å². The van der Waals surface area contributed by atoms with Crippen LogP contribution in [0.4, 0.5) is 10.5 Å². The zero-order valence-electron chi connectivity index (χ0n) is 19.2. The molecule has 1 saturated heterocycles. The predicted molar refractivity (Wildman–Crippen MR) is 132 cm³/mol. The number of nitrogens with zero attached hydrogens (tertiary/aromatic N) is 2. The molecule has 33 heavy (non-hydrogen) atoms. The van der Waals surface area contributed by atoms with Gasteiger partial charge >= 0.3 is 6.03 Å². The van der Waals surface area contributed by atoms with Crippen LogP contribution in [0.15, 0.2) is 66.7 Å². The molecule has 0 saturated carbocycles. The summed E-state index contributed by atoms with van der Waals surface area (Å²) in [5.74, 6) is -0.161. The van der Waals surface area contributed by atoms with Crippen LogP contribution >= 0.6 is 0 Å². The fourth-order valence-electron chi connectivity index (χ4n) is 4.23. The number of hydrogen-bond acceptors (Lipinski definition) is 2. The van der Waals surface area contributed by atoms with E-state index in [0.717, 1.165) is 59.8 Å². The Labute approximate surface area is 194 Å². The molecule has 0 spiro atoms. The summed E-state index contributed by atoms with van der Waals surface area (Å²) in [6.07, 6.45) is 5.53. The lowest BCUT2D eigenvalue weighted by Crippen LogP contribution is -2.32. The smallest absolute Gasteiger partial charge is 0.321 e. The van der Waals surface area contributed by atoms with Crippen molar-refractivity contribution in [3.8, 4) is 5.69 Å². The van der Waals surface area contributed by atoms with Crippen LogP contribution in [-0.4, -0.2) is 34.5 Å². The minimum atomic E-state index is -0.161. The van der Waals surface area contributed by atoms with E-state index in [-0.39, 0.29) is 11.9 Å². The lowest BCUT2D eigenvalue weighted by molar-refractivity contribution is -0.116. The Balaban J connectivity index is 1.35. The quantitative estimate of drug-likeness (QED) is 0.525. The molecule has 2 heterocycles. The summed E-state index contributed by atoms with van der Waals surface area (Å²) in [4.78, 5) is 26.5. The minimum Gasteiger partial charge on any atom is -0.348 e. The van der Waals surface area contributed by atoms with E-state index < -0.39 is 0 Å². The van der Waals surface area contributed by atoms with Gasteiger partial charge in [0.05, 0.1) is 0 Å². The fourth-order valence-corrected chi connectivity index (χ4v) is 4.23. The molecule has 0 bridgehead atoms. The van der Waals surface area contributed by atoms with Gasteiger partial charge in [-0.1, -0.05) is 30.3 Å². The number of aryl methyl sites for hydroxylation is 1. The topological polar surface area (TPSA) is 66.4 Å². The highest BCUT2D eigenvalue weighted by Crippen LogP contribution is 2.21. The van der Waals surface area contributed by atoms with Gasteiger partial charge in [0.2, 0.25) is 5.91 Å². The van der Waals surface area contributed by atoms with Crippen molar-refractivity contribution in [2.75, 3.05) is 18.4 Å². The monoisotopic (exact) mass is 442 g/mol. The summed E-state index contributed by atoms with van der Waals surface area (Å²) in [7, 11) is 0. The van der Waals surface area contributed by atoms with Crippen molar-refractivity contribution in [3.63, 3.8) is 0 Å². The molecule has 0 atom stereocenters. The highest BCUT2D eigenvalue weighted by Gasteiger charge is 2.17. The van der Waals surface area contributed by atoms with Gasteiger partial charge in [-0.05, 0) is 74.2 Å². The fraction of sp³-hybridized carbons (Fsp3) is 0.259. The van der Waals surface area contributed by atoms with Gasteiger partial charge < -0.3 is 20.1 Å². The highest BCUT2D eigenvalue weighted by atomic mass is 16.2. The molecule has 6 heteroatoms. The molecule has 3 aromatic rings. The van der Waals surface area contributed by atoms with Crippen molar-refractivity contribution >= 4 is 23.7 Å². The third-order valence-corrected chi connectivity index (χ3v) is 5.94. The van der Waals surface area contributed by atoms with Gasteiger partial charge in [0.15, 0.2) is 0 Å². The van der Waals surface area contributed by atoms with E-state index >= 15 is 0 Å². The van der Waals surface area contributed by atoms with E-state index in [2.05, 4.69) is 47.2 Å². The van der Waals surface area contributed by atoms with Crippen LogP contribution in [0.3, 0.4) is 0 Å². The summed E-state index contributed by atoms with van der Waals surface area (Å²) in [6.45, 7) is 6.12. The molecular weight excluding hydrogens is 412 g/mol. The van der Waals surface area contributed by atoms with E-state index in [9.17, 15) is 9.59 Å². The van der Waals surface area contributed by atoms with Gasteiger partial charge in [0.25, 0.3) is 0 Å². The highest BCUT2D eigenvalue weighted by molar-refractivity contribution is 5.92. The lowest BCUT2D eigenvalue weighted by atomic mass is 10.2. The van der Waals surface area contributed by atoms with Gasteiger partial charge in [-0.15, -0.1) is 0 Å². The van der Waals surface area contributed by atoms with E-state index in [1.54, 1.807) is 6.08 Å². The average Bonchev–Trinajstić information content (AvgIpc) is 3.45. The number of hydrogen-bond donors (Lipinski definition) is 2. The zero-order valence-corrected chi connectivity index (χ0v) is 19.2. The van der Waals surface area contributed by atoms with Crippen LogP contribution in [0.2, 0.25) is 0 Å². The summed E-state index contributed by atoms with van der Waals surface area (Å²) in [5.41, 5.74) is 5.99. The molecule has 1 aliphatic heterocycles. The number of benzene rings is 2.